The lowest BCUT2D eigenvalue weighted by molar-refractivity contribution is 0.356. The standard InChI is InChI=1S/C9H8N2O/c10-5-7-4-8(11)3-6-1-2-12-9(6)7/h3-4H,1-2,11H2. The highest BCUT2D eigenvalue weighted by Gasteiger charge is 2.16. The zero-order valence-electron chi connectivity index (χ0n) is 6.50. The first-order chi connectivity index (χ1) is 5.81. The van der Waals surface area contributed by atoms with Crippen molar-refractivity contribution in [2.75, 3.05) is 12.3 Å². The highest BCUT2D eigenvalue weighted by molar-refractivity contribution is 5.58. The van der Waals surface area contributed by atoms with Crippen molar-refractivity contribution in [2.24, 2.45) is 0 Å². The molecule has 3 nitrogen and oxygen atoms in total. The first-order valence-corrected chi connectivity index (χ1v) is 3.76. The molecule has 0 atom stereocenters. The summed E-state index contributed by atoms with van der Waals surface area (Å²) in [5.74, 6) is 0.715. The van der Waals surface area contributed by atoms with Gasteiger partial charge in [0.25, 0.3) is 0 Å². The molecule has 0 unspecified atom stereocenters. The number of rotatable bonds is 0. The molecule has 0 saturated carbocycles. The van der Waals surface area contributed by atoms with Gasteiger partial charge in [-0.05, 0) is 12.1 Å². The predicted molar refractivity (Wildman–Crippen MR) is 44.8 cm³/mol. The van der Waals surface area contributed by atoms with Gasteiger partial charge in [-0.2, -0.15) is 5.26 Å². The molecule has 2 rings (SSSR count). The van der Waals surface area contributed by atoms with Crippen molar-refractivity contribution in [2.45, 2.75) is 6.42 Å². The van der Waals surface area contributed by atoms with Gasteiger partial charge < -0.3 is 10.5 Å². The second-order valence-corrected chi connectivity index (χ2v) is 2.77. The lowest BCUT2D eigenvalue weighted by atomic mass is 10.1. The molecule has 0 amide bonds. The predicted octanol–water partition coefficient (Wildman–Crippen LogP) is 1.08. The van der Waals surface area contributed by atoms with Crippen molar-refractivity contribution in [3.05, 3.63) is 23.3 Å². The molecule has 12 heavy (non-hydrogen) atoms. The zero-order chi connectivity index (χ0) is 8.55. The van der Waals surface area contributed by atoms with E-state index in [0.717, 1.165) is 12.0 Å². The zero-order valence-corrected chi connectivity index (χ0v) is 6.50. The molecule has 2 N–H and O–H groups in total. The summed E-state index contributed by atoms with van der Waals surface area (Å²) in [6.07, 6.45) is 0.856. The van der Waals surface area contributed by atoms with Gasteiger partial charge >= 0.3 is 0 Å². The van der Waals surface area contributed by atoms with Gasteiger partial charge in [0.05, 0.1) is 12.2 Å². The molecule has 0 saturated heterocycles. The molecular formula is C9H8N2O. The minimum absolute atomic E-state index is 0.544. The number of hydrogen-bond acceptors (Lipinski definition) is 3. The third kappa shape index (κ3) is 0.892. The first kappa shape index (κ1) is 6.99. The van der Waals surface area contributed by atoms with Crippen LogP contribution < -0.4 is 10.5 Å². The highest BCUT2D eigenvalue weighted by Crippen LogP contribution is 2.31. The molecule has 0 aliphatic carbocycles. The molecule has 1 aliphatic rings. The number of nitrogen functional groups attached to an aromatic ring is 1. The molecule has 0 fully saturated rings. The average Bonchev–Trinajstić information content (AvgIpc) is 2.50. The normalized spacial score (nSPS) is 13.2. The van der Waals surface area contributed by atoms with E-state index in [1.807, 2.05) is 6.07 Å². The number of ether oxygens (including phenoxy) is 1. The number of benzene rings is 1. The summed E-state index contributed by atoms with van der Waals surface area (Å²) in [4.78, 5) is 0. The van der Waals surface area contributed by atoms with Crippen molar-refractivity contribution < 1.29 is 4.74 Å². The monoisotopic (exact) mass is 160 g/mol. The summed E-state index contributed by atoms with van der Waals surface area (Å²) >= 11 is 0. The average molecular weight is 160 g/mol. The molecule has 1 aromatic carbocycles. The van der Waals surface area contributed by atoms with E-state index in [4.69, 9.17) is 15.7 Å². The summed E-state index contributed by atoms with van der Waals surface area (Å²) in [5.41, 5.74) is 7.83. The lowest BCUT2D eigenvalue weighted by Crippen LogP contribution is -1.90. The van der Waals surface area contributed by atoms with Crippen molar-refractivity contribution in [3.8, 4) is 11.8 Å². The molecule has 0 bridgehead atoms. The van der Waals surface area contributed by atoms with Gasteiger partial charge in [-0.1, -0.05) is 0 Å². The lowest BCUT2D eigenvalue weighted by Gasteiger charge is -2.01. The Morgan fingerprint density at radius 3 is 3.08 bits per heavy atom. The van der Waals surface area contributed by atoms with Crippen LogP contribution in [0.5, 0.6) is 5.75 Å². The van der Waals surface area contributed by atoms with E-state index in [1.165, 1.54) is 0 Å². The van der Waals surface area contributed by atoms with Crippen LogP contribution in [0.1, 0.15) is 11.1 Å². The summed E-state index contributed by atoms with van der Waals surface area (Å²) in [7, 11) is 0. The van der Waals surface area contributed by atoms with E-state index >= 15 is 0 Å². The topological polar surface area (TPSA) is 59.0 Å². The minimum atomic E-state index is 0.544. The van der Waals surface area contributed by atoms with E-state index in [2.05, 4.69) is 6.07 Å². The smallest absolute Gasteiger partial charge is 0.140 e. The number of hydrogen-bond donors (Lipinski definition) is 1. The molecule has 1 aliphatic heterocycles. The summed E-state index contributed by atoms with van der Waals surface area (Å²) < 4.78 is 5.30. The Bertz CT molecular complexity index is 366. The van der Waals surface area contributed by atoms with Crippen LogP contribution >= 0.6 is 0 Å². The first-order valence-electron chi connectivity index (χ1n) is 3.76. The Kier molecular flexibility index (Phi) is 1.41. The van der Waals surface area contributed by atoms with Gasteiger partial charge in [0.1, 0.15) is 11.8 Å². The van der Waals surface area contributed by atoms with Crippen LogP contribution in [0.4, 0.5) is 5.69 Å². The van der Waals surface area contributed by atoms with Crippen LogP contribution in [0, 0.1) is 11.3 Å². The van der Waals surface area contributed by atoms with Crippen LogP contribution in [0.25, 0.3) is 0 Å². The fourth-order valence-electron chi connectivity index (χ4n) is 1.42. The van der Waals surface area contributed by atoms with Crippen LogP contribution in [0.15, 0.2) is 12.1 Å². The SMILES string of the molecule is N#Cc1cc(N)cc2c1OCC2. The van der Waals surface area contributed by atoms with Crippen LogP contribution in [0.2, 0.25) is 0 Å². The van der Waals surface area contributed by atoms with Crippen molar-refractivity contribution in [1.82, 2.24) is 0 Å². The van der Waals surface area contributed by atoms with E-state index in [9.17, 15) is 0 Å². The Morgan fingerprint density at radius 1 is 1.50 bits per heavy atom. The van der Waals surface area contributed by atoms with Gasteiger partial charge in [-0.3, -0.25) is 0 Å². The summed E-state index contributed by atoms with van der Waals surface area (Å²) in [6, 6.07) is 5.57. The molecule has 3 heteroatoms. The van der Waals surface area contributed by atoms with Gasteiger partial charge in [0.15, 0.2) is 0 Å². The Hall–Kier alpha value is -1.69. The number of nitriles is 1. The molecule has 1 heterocycles. The Balaban J connectivity index is 2.64. The van der Waals surface area contributed by atoms with Crippen molar-refractivity contribution in [3.63, 3.8) is 0 Å². The fraction of sp³-hybridized carbons (Fsp3) is 0.222. The second-order valence-electron chi connectivity index (χ2n) is 2.77. The van der Waals surface area contributed by atoms with Crippen molar-refractivity contribution in [1.29, 1.82) is 5.26 Å². The maximum absolute atomic E-state index is 8.74. The van der Waals surface area contributed by atoms with Crippen molar-refractivity contribution >= 4 is 5.69 Å². The molecular weight excluding hydrogens is 152 g/mol. The molecule has 60 valence electrons. The second kappa shape index (κ2) is 2.42. The van der Waals surface area contributed by atoms with Gasteiger partial charge in [0, 0.05) is 17.7 Å². The molecule has 0 radical (unpaired) electrons. The number of nitrogens with zero attached hydrogens (tertiary/aromatic N) is 1. The number of fused-ring (bicyclic) bond motifs is 1. The maximum atomic E-state index is 8.74. The molecule has 0 aromatic heterocycles. The third-order valence-electron chi connectivity index (χ3n) is 1.93. The largest absolute Gasteiger partial charge is 0.492 e. The summed E-state index contributed by atoms with van der Waals surface area (Å²) in [5, 5.41) is 8.74. The Morgan fingerprint density at radius 2 is 2.33 bits per heavy atom. The van der Waals surface area contributed by atoms with Gasteiger partial charge in [-0.25, -0.2) is 0 Å². The maximum Gasteiger partial charge on any atom is 0.140 e. The molecule has 1 aromatic rings. The fourth-order valence-corrected chi connectivity index (χ4v) is 1.42. The number of anilines is 1. The minimum Gasteiger partial charge on any atom is -0.492 e. The van der Waals surface area contributed by atoms with Gasteiger partial charge in [0.2, 0.25) is 0 Å². The van der Waals surface area contributed by atoms with Gasteiger partial charge in [-0.15, -0.1) is 0 Å². The quantitative estimate of drug-likeness (QED) is 0.577. The summed E-state index contributed by atoms with van der Waals surface area (Å²) in [6.45, 7) is 0.660. The third-order valence-corrected chi connectivity index (χ3v) is 1.93. The number of nitrogens with two attached hydrogens (primary N) is 1. The van der Waals surface area contributed by atoms with E-state index in [1.54, 1.807) is 6.07 Å². The van der Waals surface area contributed by atoms with Crippen LogP contribution in [-0.4, -0.2) is 6.61 Å². The molecule has 0 spiro atoms. The van der Waals surface area contributed by atoms with E-state index < -0.39 is 0 Å². The van der Waals surface area contributed by atoms with Crippen LogP contribution in [-0.2, 0) is 6.42 Å². The van der Waals surface area contributed by atoms with E-state index in [-0.39, 0.29) is 0 Å². The van der Waals surface area contributed by atoms with E-state index in [0.29, 0.717) is 23.6 Å². The highest BCUT2D eigenvalue weighted by atomic mass is 16.5. The Labute approximate surface area is 70.4 Å². The van der Waals surface area contributed by atoms with Crippen LogP contribution in [0.3, 0.4) is 0 Å².